The predicted molar refractivity (Wildman–Crippen MR) is 59.2 cm³/mol. The van der Waals surface area contributed by atoms with Crippen molar-refractivity contribution in [3.8, 4) is 0 Å². The fourth-order valence-corrected chi connectivity index (χ4v) is 1.89. The maximum atomic E-state index is 11.8. The zero-order valence-electron chi connectivity index (χ0n) is 9.01. The number of fused-ring (bicyclic) bond motifs is 1. The first-order chi connectivity index (χ1) is 8.15. The minimum Gasteiger partial charge on any atom is -0.477 e. The molecular formula is C11H11N3O3. The van der Waals surface area contributed by atoms with Crippen LogP contribution in [0, 0.1) is 5.92 Å². The molecule has 2 N–H and O–H groups in total. The van der Waals surface area contributed by atoms with E-state index in [-0.39, 0.29) is 5.56 Å². The lowest BCUT2D eigenvalue weighted by Crippen LogP contribution is -2.22. The van der Waals surface area contributed by atoms with E-state index < -0.39 is 11.5 Å². The second kappa shape index (κ2) is 3.44. The summed E-state index contributed by atoms with van der Waals surface area (Å²) in [6.45, 7) is 0. The molecule has 0 aromatic carbocycles. The van der Waals surface area contributed by atoms with E-state index in [2.05, 4.69) is 10.1 Å². The van der Waals surface area contributed by atoms with E-state index in [1.54, 1.807) is 6.07 Å². The topological polar surface area (TPSA) is 87.5 Å². The number of nitrogens with one attached hydrogen (secondary N) is 1. The van der Waals surface area contributed by atoms with Crippen LogP contribution in [0.3, 0.4) is 0 Å². The van der Waals surface area contributed by atoms with Gasteiger partial charge in [0.2, 0.25) is 0 Å². The Morgan fingerprint density at radius 1 is 1.59 bits per heavy atom. The van der Waals surface area contributed by atoms with E-state index in [0.29, 0.717) is 11.6 Å². The van der Waals surface area contributed by atoms with Crippen molar-refractivity contribution in [1.82, 2.24) is 14.6 Å². The van der Waals surface area contributed by atoms with Gasteiger partial charge in [-0.1, -0.05) is 0 Å². The molecule has 1 aliphatic rings. The number of carbonyl (C=O) groups is 1. The van der Waals surface area contributed by atoms with Crippen molar-refractivity contribution in [3.05, 3.63) is 33.9 Å². The Bertz CT molecular complexity index is 652. The normalized spacial score (nSPS) is 15.3. The largest absolute Gasteiger partial charge is 0.477 e. The first-order valence-corrected chi connectivity index (χ1v) is 5.48. The molecule has 1 saturated carbocycles. The molecule has 0 aliphatic heterocycles. The Labute approximate surface area is 95.9 Å². The molecule has 6 heteroatoms. The highest BCUT2D eigenvalue weighted by Crippen LogP contribution is 2.32. The second-order valence-electron chi connectivity index (χ2n) is 4.40. The van der Waals surface area contributed by atoms with Crippen LogP contribution in [0.2, 0.25) is 0 Å². The number of nitrogens with zero attached hydrogens (tertiary/aromatic N) is 2. The first kappa shape index (κ1) is 10.1. The van der Waals surface area contributed by atoms with Crippen molar-refractivity contribution >= 4 is 11.6 Å². The van der Waals surface area contributed by atoms with Crippen molar-refractivity contribution in [3.63, 3.8) is 0 Å². The van der Waals surface area contributed by atoms with Gasteiger partial charge in [-0.2, -0.15) is 0 Å². The Morgan fingerprint density at radius 3 is 3.00 bits per heavy atom. The molecule has 0 atom stereocenters. The van der Waals surface area contributed by atoms with Crippen molar-refractivity contribution < 1.29 is 9.90 Å². The zero-order chi connectivity index (χ0) is 12.0. The van der Waals surface area contributed by atoms with Gasteiger partial charge in [0.15, 0.2) is 5.65 Å². The molecule has 2 heterocycles. The number of carboxylic acids is 1. The maximum absolute atomic E-state index is 11.8. The predicted octanol–water partition coefficient (Wildman–Crippen LogP) is 0.673. The summed E-state index contributed by atoms with van der Waals surface area (Å²) in [6, 6.07) is 1.80. The van der Waals surface area contributed by atoms with Gasteiger partial charge >= 0.3 is 5.97 Å². The molecule has 6 nitrogen and oxygen atoms in total. The van der Waals surface area contributed by atoms with Crippen LogP contribution in [0.1, 0.15) is 28.9 Å². The number of rotatable bonds is 3. The molecule has 0 saturated heterocycles. The third kappa shape index (κ3) is 1.71. The van der Waals surface area contributed by atoms with Gasteiger partial charge in [0, 0.05) is 18.0 Å². The van der Waals surface area contributed by atoms with Crippen molar-refractivity contribution in [2.24, 2.45) is 5.92 Å². The third-order valence-electron chi connectivity index (χ3n) is 2.98. The molecule has 17 heavy (non-hydrogen) atoms. The number of carboxylic acid groups (broad SMARTS) is 1. The van der Waals surface area contributed by atoms with Crippen molar-refractivity contribution in [1.29, 1.82) is 0 Å². The molecule has 0 unspecified atom stereocenters. The van der Waals surface area contributed by atoms with Crippen LogP contribution in [-0.2, 0) is 6.42 Å². The summed E-state index contributed by atoms with van der Waals surface area (Å²) in [7, 11) is 0. The quantitative estimate of drug-likeness (QED) is 0.815. The lowest BCUT2D eigenvalue weighted by molar-refractivity contribution is 0.0694. The van der Waals surface area contributed by atoms with Gasteiger partial charge < -0.3 is 5.11 Å². The van der Waals surface area contributed by atoms with Crippen LogP contribution in [0.25, 0.3) is 5.65 Å². The number of hydrogen-bond acceptors (Lipinski definition) is 3. The molecule has 1 fully saturated rings. The average molecular weight is 233 g/mol. The average Bonchev–Trinajstić information content (AvgIpc) is 2.96. The van der Waals surface area contributed by atoms with E-state index in [9.17, 15) is 9.59 Å². The molecule has 0 amide bonds. The van der Waals surface area contributed by atoms with Gasteiger partial charge in [-0.05, 0) is 25.2 Å². The van der Waals surface area contributed by atoms with Gasteiger partial charge in [0.05, 0.1) is 0 Å². The Hall–Kier alpha value is -2.11. The smallest absolute Gasteiger partial charge is 0.343 e. The van der Waals surface area contributed by atoms with E-state index >= 15 is 0 Å². The standard InChI is InChI=1S/C11H11N3O3/c15-10-8(11(16)17)5-12-9-4-7(13-14(9)10)3-6-1-2-6/h4-6,13H,1-3H2,(H,16,17). The molecular weight excluding hydrogens is 222 g/mol. The first-order valence-electron chi connectivity index (χ1n) is 5.48. The second-order valence-corrected chi connectivity index (χ2v) is 4.40. The van der Waals surface area contributed by atoms with Crippen LogP contribution in [0.15, 0.2) is 17.1 Å². The number of aromatic carboxylic acids is 1. The lowest BCUT2D eigenvalue weighted by Gasteiger charge is -1.95. The summed E-state index contributed by atoms with van der Waals surface area (Å²) < 4.78 is 1.20. The minimum absolute atomic E-state index is 0.317. The number of aromatic amines is 1. The molecule has 2 aromatic heterocycles. The fraction of sp³-hybridized carbons (Fsp3) is 0.364. The molecule has 1 aliphatic carbocycles. The number of H-pyrrole nitrogens is 1. The van der Waals surface area contributed by atoms with E-state index in [4.69, 9.17) is 5.11 Å². The van der Waals surface area contributed by atoms with Crippen molar-refractivity contribution in [2.45, 2.75) is 19.3 Å². The monoisotopic (exact) mass is 233 g/mol. The molecule has 0 bridgehead atoms. The van der Waals surface area contributed by atoms with Gasteiger partial charge in [-0.25, -0.2) is 14.3 Å². The van der Waals surface area contributed by atoms with E-state index in [0.717, 1.165) is 18.3 Å². The number of aromatic nitrogens is 3. The summed E-state index contributed by atoms with van der Waals surface area (Å²) in [5.41, 5.74) is 0.516. The highest BCUT2D eigenvalue weighted by atomic mass is 16.4. The van der Waals surface area contributed by atoms with Gasteiger partial charge in [0.1, 0.15) is 5.56 Å². The van der Waals surface area contributed by atoms with Crippen LogP contribution in [0.5, 0.6) is 0 Å². The Balaban J connectivity index is 2.11. The van der Waals surface area contributed by atoms with E-state index in [1.165, 1.54) is 17.4 Å². The van der Waals surface area contributed by atoms with Crippen LogP contribution >= 0.6 is 0 Å². The molecule has 3 rings (SSSR count). The molecule has 0 spiro atoms. The van der Waals surface area contributed by atoms with E-state index in [1.807, 2.05) is 0 Å². The van der Waals surface area contributed by atoms with Gasteiger partial charge in [0.25, 0.3) is 5.56 Å². The van der Waals surface area contributed by atoms with Crippen LogP contribution < -0.4 is 5.56 Å². The Kier molecular flexibility index (Phi) is 2.04. The Morgan fingerprint density at radius 2 is 2.35 bits per heavy atom. The van der Waals surface area contributed by atoms with Crippen LogP contribution in [0.4, 0.5) is 0 Å². The highest BCUT2D eigenvalue weighted by molar-refractivity contribution is 5.86. The third-order valence-corrected chi connectivity index (χ3v) is 2.98. The SMILES string of the molecule is O=C(O)c1cnc2cc(CC3CC3)[nH]n2c1=O. The summed E-state index contributed by atoms with van der Waals surface area (Å²) in [6.07, 6.45) is 4.44. The summed E-state index contributed by atoms with van der Waals surface area (Å²) >= 11 is 0. The van der Waals surface area contributed by atoms with Gasteiger partial charge in [-0.3, -0.25) is 9.89 Å². The fourth-order valence-electron chi connectivity index (χ4n) is 1.89. The van der Waals surface area contributed by atoms with Crippen molar-refractivity contribution in [2.75, 3.05) is 0 Å². The minimum atomic E-state index is -1.25. The summed E-state index contributed by atoms with van der Waals surface area (Å²) in [5, 5.41) is 11.7. The summed E-state index contributed by atoms with van der Waals surface area (Å²) in [5.74, 6) is -0.562. The summed E-state index contributed by atoms with van der Waals surface area (Å²) in [4.78, 5) is 26.6. The highest BCUT2D eigenvalue weighted by Gasteiger charge is 2.23. The molecule has 2 aromatic rings. The van der Waals surface area contributed by atoms with Crippen LogP contribution in [-0.4, -0.2) is 25.7 Å². The zero-order valence-corrected chi connectivity index (χ0v) is 9.01. The molecule has 0 radical (unpaired) electrons. The number of hydrogen-bond donors (Lipinski definition) is 2. The molecule has 88 valence electrons. The maximum Gasteiger partial charge on any atom is 0.343 e. The van der Waals surface area contributed by atoms with Gasteiger partial charge in [-0.15, -0.1) is 0 Å². The lowest BCUT2D eigenvalue weighted by atomic mass is 10.2.